The zero-order valence-electron chi connectivity index (χ0n) is 5.91. The number of aromatic nitrogens is 2. The lowest BCUT2D eigenvalue weighted by Gasteiger charge is -2.08. The molecule has 10 heavy (non-hydrogen) atoms. The second-order valence-electron chi connectivity index (χ2n) is 2.04. The van der Waals surface area contributed by atoms with Crippen molar-refractivity contribution in [3.05, 3.63) is 18.2 Å². The maximum Gasteiger partial charge on any atom is 0.0923 e. The number of nitrogens with one attached hydrogen (secondary N) is 1. The minimum atomic E-state index is 0.486. The molecule has 0 atom stereocenters. The Kier molecular flexibility index (Phi) is 2.42. The van der Waals surface area contributed by atoms with Crippen molar-refractivity contribution in [1.82, 2.24) is 15.0 Å². The predicted octanol–water partition coefficient (Wildman–Crippen LogP) is 0.621. The topological polar surface area (TPSA) is 52.1 Å². The van der Waals surface area contributed by atoms with Crippen LogP contribution < -0.4 is 0 Å². The summed E-state index contributed by atoms with van der Waals surface area (Å²) in [5, 5.41) is 10.2. The number of H-pyrrole nitrogens is 1. The molecule has 0 spiro atoms. The van der Waals surface area contributed by atoms with Crippen LogP contribution in [0.15, 0.2) is 12.5 Å². The molecule has 1 aromatic heterocycles. The Labute approximate surface area is 59.5 Å². The van der Waals surface area contributed by atoms with Crippen LogP contribution in [0.4, 0.5) is 0 Å². The molecule has 1 heterocycles. The van der Waals surface area contributed by atoms with Crippen molar-refractivity contribution in [2.75, 3.05) is 6.54 Å². The van der Waals surface area contributed by atoms with Crippen LogP contribution in [0.25, 0.3) is 0 Å². The van der Waals surface area contributed by atoms with Gasteiger partial charge in [-0.3, -0.25) is 0 Å². The number of rotatable bonds is 3. The number of hydrogen-bond donors (Lipinski definition) is 2. The van der Waals surface area contributed by atoms with Crippen LogP contribution in [0, 0.1) is 0 Å². The molecule has 0 bridgehead atoms. The highest BCUT2D eigenvalue weighted by Crippen LogP contribution is 1.94. The average Bonchev–Trinajstić information content (AvgIpc) is 2.40. The quantitative estimate of drug-likeness (QED) is 0.607. The summed E-state index contributed by atoms with van der Waals surface area (Å²) in [4.78, 5) is 6.76. The third-order valence-corrected chi connectivity index (χ3v) is 1.26. The van der Waals surface area contributed by atoms with E-state index in [4.69, 9.17) is 5.21 Å². The summed E-state index contributed by atoms with van der Waals surface area (Å²) in [6, 6.07) is 0. The van der Waals surface area contributed by atoms with Gasteiger partial charge in [0.2, 0.25) is 0 Å². The lowest BCUT2D eigenvalue weighted by atomic mass is 10.4. The molecule has 1 rings (SSSR count). The first-order chi connectivity index (χ1) is 4.83. The highest BCUT2D eigenvalue weighted by atomic mass is 16.5. The summed E-state index contributed by atoms with van der Waals surface area (Å²) in [6.45, 7) is 2.99. The third kappa shape index (κ3) is 1.82. The Morgan fingerprint density at radius 1 is 1.80 bits per heavy atom. The fourth-order valence-corrected chi connectivity index (χ4v) is 0.676. The maximum atomic E-state index is 9.01. The summed E-state index contributed by atoms with van der Waals surface area (Å²) in [5.41, 5.74) is 0.851. The van der Waals surface area contributed by atoms with E-state index in [1.807, 2.05) is 6.92 Å². The molecule has 0 saturated carbocycles. The van der Waals surface area contributed by atoms with Gasteiger partial charge in [0.1, 0.15) is 0 Å². The molecule has 0 aliphatic rings. The minimum Gasteiger partial charge on any atom is -0.351 e. The smallest absolute Gasteiger partial charge is 0.0923 e. The van der Waals surface area contributed by atoms with Crippen LogP contribution in [-0.4, -0.2) is 26.8 Å². The number of imidazole rings is 1. The highest BCUT2D eigenvalue weighted by molar-refractivity contribution is 4.92. The summed E-state index contributed by atoms with van der Waals surface area (Å²) >= 11 is 0. The van der Waals surface area contributed by atoms with Crippen LogP contribution in [-0.2, 0) is 6.54 Å². The summed E-state index contributed by atoms with van der Waals surface area (Å²) in [6.07, 6.45) is 3.36. The molecule has 4 heteroatoms. The minimum absolute atomic E-state index is 0.486. The van der Waals surface area contributed by atoms with Gasteiger partial charge in [-0.15, -0.1) is 0 Å². The molecule has 4 nitrogen and oxygen atoms in total. The van der Waals surface area contributed by atoms with Gasteiger partial charge in [0.05, 0.1) is 18.6 Å². The van der Waals surface area contributed by atoms with Gasteiger partial charge < -0.3 is 10.2 Å². The summed E-state index contributed by atoms with van der Waals surface area (Å²) in [7, 11) is 0. The Hall–Kier alpha value is -0.870. The summed E-state index contributed by atoms with van der Waals surface area (Å²) < 4.78 is 0. The molecule has 0 fully saturated rings. The zero-order chi connectivity index (χ0) is 7.40. The second-order valence-corrected chi connectivity index (χ2v) is 2.04. The standard InChI is InChI=1S/C6H11N3O/c1-2-9(10)4-6-3-7-5-8-6/h3,5,10H,2,4H2,1H3,(H,7,8). The van der Waals surface area contributed by atoms with E-state index in [1.54, 1.807) is 12.5 Å². The van der Waals surface area contributed by atoms with Crippen LogP contribution in [0.5, 0.6) is 0 Å². The number of hydrogen-bond acceptors (Lipinski definition) is 3. The average molecular weight is 141 g/mol. The molecule has 0 aliphatic carbocycles. The molecule has 0 saturated heterocycles. The van der Waals surface area contributed by atoms with Crippen molar-refractivity contribution in [3.63, 3.8) is 0 Å². The van der Waals surface area contributed by atoms with Gasteiger partial charge in [-0.1, -0.05) is 6.92 Å². The predicted molar refractivity (Wildman–Crippen MR) is 36.5 cm³/mol. The molecule has 0 radical (unpaired) electrons. The molecule has 56 valence electrons. The Morgan fingerprint density at radius 2 is 2.60 bits per heavy atom. The fraction of sp³-hybridized carbons (Fsp3) is 0.500. The number of hydroxylamine groups is 2. The van der Waals surface area contributed by atoms with Crippen LogP contribution in [0.1, 0.15) is 12.6 Å². The second kappa shape index (κ2) is 3.34. The van der Waals surface area contributed by atoms with Crippen LogP contribution in [0.2, 0.25) is 0 Å². The normalized spacial score (nSPS) is 10.7. The van der Waals surface area contributed by atoms with Crippen LogP contribution in [0.3, 0.4) is 0 Å². The largest absolute Gasteiger partial charge is 0.351 e. The SMILES string of the molecule is CCN(O)Cc1c[nH]cn1. The van der Waals surface area contributed by atoms with E-state index < -0.39 is 0 Å². The zero-order valence-corrected chi connectivity index (χ0v) is 5.91. The molecule has 0 unspecified atom stereocenters. The molecular formula is C6H11N3O. The van der Waals surface area contributed by atoms with E-state index in [0.29, 0.717) is 13.1 Å². The Morgan fingerprint density at radius 3 is 3.10 bits per heavy atom. The van der Waals surface area contributed by atoms with Crippen molar-refractivity contribution in [2.24, 2.45) is 0 Å². The highest BCUT2D eigenvalue weighted by Gasteiger charge is 1.98. The van der Waals surface area contributed by atoms with Gasteiger partial charge in [0, 0.05) is 12.7 Å². The number of nitrogens with zero attached hydrogens (tertiary/aromatic N) is 2. The first kappa shape index (κ1) is 7.24. The van der Waals surface area contributed by atoms with E-state index in [-0.39, 0.29) is 0 Å². The molecule has 1 aromatic rings. The molecule has 0 amide bonds. The van der Waals surface area contributed by atoms with Gasteiger partial charge in [0.25, 0.3) is 0 Å². The van der Waals surface area contributed by atoms with Crippen molar-refractivity contribution >= 4 is 0 Å². The van der Waals surface area contributed by atoms with Crippen molar-refractivity contribution in [3.8, 4) is 0 Å². The molecule has 0 aliphatic heterocycles. The third-order valence-electron chi connectivity index (χ3n) is 1.26. The van der Waals surface area contributed by atoms with E-state index in [2.05, 4.69) is 9.97 Å². The van der Waals surface area contributed by atoms with Gasteiger partial charge in [0.15, 0.2) is 0 Å². The molecule has 0 aromatic carbocycles. The molecular weight excluding hydrogens is 130 g/mol. The first-order valence-electron chi connectivity index (χ1n) is 3.24. The first-order valence-corrected chi connectivity index (χ1v) is 3.24. The van der Waals surface area contributed by atoms with Gasteiger partial charge in [-0.2, -0.15) is 5.06 Å². The Bertz CT molecular complexity index is 173. The Balaban J connectivity index is 2.40. The van der Waals surface area contributed by atoms with Gasteiger partial charge in [-0.25, -0.2) is 4.98 Å². The van der Waals surface area contributed by atoms with Crippen molar-refractivity contribution in [1.29, 1.82) is 0 Å². The van der Waals surface area contributed by atoms with E-state index >= 15 is 0 Å². The van der Waals surface area contributed by atoms with E-state index in [1.165, 1.54) is 5.06 Å². The monoisotopic (exact) mass is 141 g/mol. The van der Waals surface area contributed by atoms with Crippen LogP contribution >= 0.6 is 0 Å². The van der Waals surface area contributed by atoms with E-state index in [9.17, 15) is 0 Å². The van der Waals surface area contributed by atoms with Gasteiger partial charge in [-0.05, 0) is 0 Å². The number of aromatic amines is 1. The van der Waals surface area contributed by atoms with Crippen molar-refractivity contribution < 1.29 is 5.21 Å². The van der Waals surface area contributed by atoms with Gasteiger partial charge >= 0.3 is 0 Å². The maximum absolute atomic E-state index is 9.01. The fourth-order valence-electron chi connectivity index (χ4n) is 0.676. The molecule has 2 N–H and O–H groups in total. The van der Waals surface area contributed by atoms with E-state index in [0.717, 1.165) is 5.69 Å². The lowest BCUT2D eigenvalue weighted by Crippen LogP contribution is -2.17. The van der Waals surface area contributed by atoms with Crippen molar-refractivity contribution in [2.45, 2.75) is 13.5 Å². The lowest BCUT2D eigenvalue weighted by molar-refractivity contribution is -0.0954. The summed E-state index contributed by atoms with van der Waals surface area (Å²) in [5.74, 6) is 0.